The first kappa shape index (κ1) is 11.7. The van der Waals surface area contributed by atoms with E-state index in [1.165, 1.54) is 0 Å². The standard InChI is InChI=1S/C13H10N4OS/c1-8-6-19-7-10(8)12-15-13(18-16-12)11-3-9(4-14)5-17(11)2/h3,5-7H,1-2H3. The molecule has 3 heterocycles. The summed E-state index contributed by atoms with van der Waals surface area (Å²) in [5, 5.41) is 16.9. The van der Waals surface area contributed by atoms with Gasteiger partial charge in [-0.2, -0.15) is 21.6 Å². The van der Waals surface area contributed by atoms with Gasteiger partial charge in [0.05, 0.1) is 5.56 Å². The molecule has 0 amide bonds. The first-order valence-corrected chi connectivity index (χ1v) is 6.57. The van der Waals surface area contributed by atoms with Crippen molar-refractivity contribution in [3.05, 3.63) is 34.2 Å². The Kier molecular flexibility index (Phi) is 2.69. The van der Waals surface area contributed by atoms with Gasteiger partial charge in [0, 0.05) is 24.2 Å². The van der Waals surface area contributed by atoms with E-state index in [1.807, 2.05) is 24.7 Å². The van der Waals surface area contributed by atoms with Gasteiger partial charge in [-0.05, 0) is 23.9 Å². The summed E-state index contributed by atoms with van der Waals surface area (Å²) in [6.07, 6.45) is 1.73. The molecule has 5 nitrogen and oxygen atoms in total. The zero-order valence-electron chi connectivity index (χ0n) is 10.4. The SMILES string of the molecule is Cc1cscc1-c1noc(-c2cc(C#N)cn2C)n1. The molecule has 0 saturated heterocycles. The van der Waals surface area contributed by atoms with E-state index < -0.39 is 0 Å². The summed E-state index contributed by atoms with van der Waals surface area (Å²) in [5.41, 5.74) is 3.42. The van der Waals surface area contributed by atoms with Crippen molar-refractivity contribution in [1.82, 2.24) is 14.7 Å². The zero-order valence-corrected chi connectivity index (χ0v) is 11.2. The number of hydrogen-bond acceptors (Lipinski definition) is 5. The van der Waals surface area contributed by atoms with Gasteiger partial charge in [0.2, 0.25) is 5.82 Å². The second-order valence-corrected chi connectivity index (χ2v) is 4.97. The molecule has 0 N–H and O–H groups in total. The molecular formula is C13H10N4OS. The number of nitriles is 1. The molecule has 0 aromatic carbocycles. The van der Waals surface area contributed by atoms with Crippen LogP contribution in [0.2, 0.25) is 0 Å². The molecule has 94 valence electrons. The maximum absolute atomic E-state index is 8.89. The van der Waals surface area contributed by atoms with Crippen molar-refractivity contribution >= 4 is 11.3 Å². The Morgan fingerprint density at radius 2 is 2.26 bits per heavy atom. The topological polar surface area (TPSA) is 67.6 Å². The van der Waals surface area contributed by atoms with Crippen LogP contribution in [0.3, 0.4) is 0 Å². The fraction of sp³-hybridized carbons (Fsp3) is 0.154. The lowest BCUT2D eigenvalue weighted by atomic mass is 10.2. The van der Waals surface area contributed by atoms with Crippen LogP contribution >= 0.6 is 11.3 Å². The summed E-state index contributed by atoms with van der Waals surface area (Å²) >= 11 is 1.61. The first-order chi connectivity index (χ1) is 9.19. The minimum absolute atomic E-state index is 0.421. The largest absolute Gasteiger partial charge is 0.345 e. The van der Waals surface area contributed by atoms with Gasteiger partial charge >= 0.3 is 0 Å². The Bertz CT molecular complexity index is 775. The van der Waals surface area contributed by atoms with Crippen molar-refractivity contribution < 1.29 is 4.52 Å². The van der Waals surface area contributed by atoms with E-state index in [4.69, 9.17) is 9.78 Å². The van der Waals surface area contributed by atoms with E-state index in [2.05, 4.69) is 16.2 Å². The van der Waals surface area contributed by atoms with Gasteiger partial charge in [0.15, 0.2) is 0 Å². The highest BCUT2D eigenvalue weighted by molar-refractivity contribution is 7.08. The summed E-state index contributed by atoms with van der Waals surface area (Å²) in [6, 6.07) is 3.83. The molecule has 0 saturated carbocycles. The first-order valence-electron chi connectivity index (χ1n) is 5.62. The highest BCUT2D eigenvalue weighted by atomic mass is 32.1. The second-order valence-electron chi connectivity index (χ2n) is 4.23. The van der Waals surface area contributed by atoms with Crippen LogP contribution in [0.1, 0.15) is 11.1 Å². The number of aromatic nitrogens is 3. The van der Waals surface area contributed by atoms with Crippen LogP contribution < -0.4 is 0 Å². The minimum atomic E-state index is 0.421. The molecule has 0 bridgehead atoms. The van der Waals surface area contributed by atoms with Crippen LogP contribution in [0.4, 0.5) is 0 Å². The molecule has 0 radical (unpaired) electrons. The average molecular weight is 270 g/mol. The van der Waals surface area contributed by atoms with Gasteiger partial charge in [-0.25, -0.2) is 0 Å². The van der Waals surface area contributed by atoms with Crippen molar-refractivity contribution in [1.29, 1.82) is 5.26 Å². The third-order valence-electron chi connectivity index (χ3n) is 2.88. The van der Waals surface area contributed by atoms with Crippen LogP contribution in [-0.2, 0) is 7.05 Å². The molecule has 0 unspecified atom stereocenters. The normalized spacial score (nSPS) is 10.6. The van der Waals surface area contributed by atoms with Crippen LogP contribution in [0.5, 0.6) is 0 Å². The number of rotatable bonds is 2. The molecule has 3 aromatic rings. The quantitative estimate of drug-likeness (QED) is 0.718. The Morgan fingerprint density at radius 3 is 2.89 bits per heavy atom. The zero-order chi connectivity index (χ0) is 13.4. The van der Waals surface area contributed by atoms with Crippen molar-refractivity contribution in [3.63, 3.8) is 0 Å². The number of nitrogens with zero attached hydrogens (tertiary/aromatic N) is 4. The molecule has 6 heteroatoms. The molecule has 19 heavy (non-hydrogen) atoms. The molecular weight excluding hydrogens is 260 g/mol. The minimum Gasteiger partial charge on any atom is -0.345 e. The van der Waals surface area contributed by atoms with Gasteiger partial charge in [-0.15, -0.1) is 0 Å². The Labute approximate surface area is 113 Å². The predicted octanol–water partition coefficient (Wildman–Crippen LogP) is 2.98. The summed E-state index contributed by atoms with van der Waals surface area (Å²) in [7, 11) is 1.84. The number of hydrogen-bond donors (Lipinski definition) is 0. The average Bonchev–Trinajstić information content (AvgIpc) is 3.07. The van der Waals surface area contributed by atoms with E-state index >= 15 is 0 Å². The van der Waals surface area contributed by atoms with Crippen molar-refractivity contribution in [2.75, 3.05) is 0 Å². The van der Waals surface area contributed by atoms with E-state index in [0.29, 0.717) is 17.3 Å². The highest BCUT2D eigenvalue weighted by Gasteiger charge is 2.15. The highest BCUT2D eigenvalue weighted by Crippen LogP contribution is 2.27. The summed E-state index contributed by atoms with van der Waals surface area (Å²) in [6.45, 7) is 2.01. The third-order valence-corrected chi connectivity index (χ3v) is 3.74. The number of aryl methyl sites for hydroxylation is 2. The molecule has 3 aromatic heterocycles. The van der Waals surface area contributed by atoms with Crippen molar-refractivity contribution in [3.8, 4) is 29.0 Å². The van der Waals surface area contributed by atoms with Crippen LogP contribution in [0, 0.1) is 18.3 Å². The lowest BCUT2D eigenvalue weighted by Gasteiger charge is -1.94. The monoisotopic (exact) mass is 270 g/mol. The maximum atomic E-state index is 8.89. The lowest BCUT2D eigenvalue weighted by Crippen LogP contribution is -1.89. The fourth-order valence-electron chi connectivity index (χ4n) is 1.86. The van der Waals surface area contributed by atoms with Crippen molar-refractivity contribution in [2.45, 2.75) is 6.92 Å². The number of thiophene rings is 1. The van der Waals surface area contributed by atoms with E-state index in [9.17, 15) is 0 Å². The van der Waals surface area contributed by atoms with Gasteiger partial charge in [-0.1, -0.05) is 5.16 Å². The summed E-state index contributed by atoms with van der Waals surface area (Å²) < 4.78 is 7.08. The molecule has 0 atom stereocenters. The lowest BCUT2D eigenvalue weighted by molar-refractivity contribution is 0.429. The van der Waals surface area contributed by atoms with Gasteiger partial charge in [0.1, 0.15) is 11.8 Å². The molecule has 0 spiro atoms. The summed E-state index contributed by atoms with van der Waals surface area (Å²) in [4.78, 5) is 4.39. The van der Waals surface area contributed by atoms with Crippen LogP contribution in [0.15, 0.2) is 27.5 Å². The molecule has 0 aliphatic heterocycles. The predicted molar refractivity (Wildman–Crippen MR) is 71.5 cm³/mol. The van der Waals surface area contributed by atoms with Gasteiger partial charge in [-0.3, -0.25) is 0 Å². The van der Waals surface area contributed by atoms with Crippen LogP contribution in [-0.4, -0.2) is 14.7 Å². The maximum Gasteiger partial charge on any atom is 0.274 e. The molecule has 0 aliphatic carbocycles. The Balaban J connectivity index is 2.04. The Morgan fingerprint density at radius 1 is 1.42 bits per heavy atom. The van der Waals surface area contributed by atoms with E-state index in [1.54, 1.807) is 28.2 Å². The second kappa shape index (κ2) is 4.37. The Hall–Kier alpha value is -2.39. The smallest absolute Gasteiger partial charge is 0.274 e. The molecule has 0 fully saturated rings. The molecule has 0 aliphatic rings. The van der Waals surface area contributed by atoms with Crippen molar-refractivity contribution in [2.24, 2.45) is 7.05 Å². The fourth-order valence-corrected chi connectivity index (χ4v) is 2.69. The third kappa shape index (κ3) is 1.94. The van der Waals surface area contributed by atoms with E-state index in [-0.39, 0.29) is 0 Å². The summed E-state index contributed by atoms with van der Waals surface area (Å²) in [5.74, 6) is 0.998. The molecule has 3 rings (SSSR count). The van der Waals surface area contributed by atoms with Crippen LogP contribution in [0.25, 0.3) is 23.0 Å². The van der Waals surface area contributed by atoms with Gasteiger partial charge in [0.25, 0.3) is 5.89 Å². The van der Waals surface area contributed by atoms with E-state index in [0.717, 1.165) is 16.8 Å². The van der Waals surface area contributed by atoms with Gasteiger partial charge < -0.3 is 9.09 Å².